The molecule has 0 saturated heterocycles. The van der Waals surface area contributed by atoms with E-state index in [0.717, 1.165) is 18.6 Å². The maximum Gasteiger partial charge on any atom is 0.103 e. The van der Waals surface area contributed by atoms with Crippen LogP contribution in [0.3, 0.4) is 0 Å². The smallest absolute Gasteiger partial charge is 0.103 e. The summed E-state index contributed by atoms with van der Waals surface area (Å²) < 4.78 is 5.30. The van der Waals surface area contributed by atoms with Crippen LogP contribution in [0.5, 0.6) is 0 Å². The number of hydrazine groups is 1. The van der Waals surface area contributed by atoms with Crippen molar-refractivity contribution >= 4 is 0 Å². The SMILES string of the molecule is NNC(CCc1ccco1)c1ccccc1. The van der Waals surface area contributed by atoms with Gasteiger partial charge in [0.05, 0.1) is 6.26 Å². The van der Waals surface area contributed by atoms with Gasteiger partial charge in [-0.2, -0.15) is 0 Å². The number of hydrogen-bond acceptors (Lipinski definition) is 3. The van der Waals surface area contributed by atoms with Crippen LogP contribution in [0.25, 0.3) is 0 Å². The Bertz CT molecular complexity index is 397. The lowest BCUT2D eigenvalue weighted by Gasteiger charge is -2.15. The number of nitrogens with two attached hydrogens (primary N) is 1. The van der Waals surface area contributed by atoms with Crippen molar-refractivity contribution in [1.82, 2.24) is 5.43 Å². The largest absolute Gasteiger partial charge is 0.469 e. The molecular weight excluding hydrogens is 200 g/mol. The van der Waals surface area contributed by atoms with Gasteiger partial charge in [-0.15, -0.1) is 0 Å². The van der Waals surface area contributed by atoms with Gasteiger partial charge < -0.3 is 4.42 Å². The van der Waals surface area contributed by atoms with E-state index in [9.17, 15) is 0 Å². The molecule has 1 aromatic carbocycles. The highest BCUT2D eigenvalue weighted by molar-refractivity contribution is 5.18. The molecule has 1 atom stereocenters. The van der Waals surface area contributed by atoms with Crippen LogP contribution in [0.2, 0.25) is 0 Å². The van der Waals surface area contributed by atoms with Crippen molar-refractivity contribution in [3.8, 4) is 0 Å². The standard InChI is InChI=1S/C13H16N2O/c14-15-13(11-5-2-1-3-6-11)9-8-12-7-4-10-16-12/h1-7,10,13,15H,8-9,14H2. The molecule has 0 bridgehead atoms. The Kier molecular flexibility index (Phi) is 3.75. The Morgan fingerprint density at radius 3 is 2.56 bits per heavy atom. The average Bonchev–Trinajstić information content (AvgIpc) is 2.84. The minimum atomic E-state index is 0.172. The summed E-state index contributed by atoms with van der Waals surface area (Å²) in [5.74, 6) is 6.56. The van der Waals surface area contributed by atoms with Crippen LogP contribution in [-0.4, -0.2) is 0 Å². The summed E-state index contributed by atoms with van der Waals surface area (Å²) >= 11 is 0. The number of hydrogen-bond donors (Lipinski definition) is 2. The molecule has 2 aromatic rings. The van der Waals surface area contributed by atoms with Gasteiger partial charge in [-0.3, -0.25) is 11.3 Å². The molecular formula is C13H16N2O. The molecule has 2 rings (SSSR count). The molecule has 1 unspecified atom stereocenters. The highest BCUT2D eigenvalue weighted by Crippen LogP contribution is 2.18. The van der Waals surface area contributed by atoms with Crippen molar-refractivity contribution in [3.05, 3.63) is 60.1 Å². The second kappa shape index (κ2) is 5.49. The van der Waals surface area contributed by atoms with Gasteiger partial charge in [0.25, 0.3) is 0 Å². The lowest BCUT2D eigenvalue weighted by atomic mass is 10.0. The number of aryl methyl sites for hydroxylation is 1. The van der Waals surface area contributed by atoms with Crippen LogP contribution >= 0.6 is 0 Å². The average molecular weight is 216 g/mol. The second-order valence-corrected chi connectivity index (χ2v) is 3.75. The molecule has 0 aliphatic carbocycles. The van der Waals surface area contributed by atoms with Gasteiger partial charge in [0.15, 0.2) is 0 Å². The van der Waals surface area contributed by atoms with Gasteiger partial charge in [0.1, 0.15) is 5.76 Å². The lowest BCUT2D eigenvalue weighted by Crippen LogP contribution is -2.28. The first-order valence-electron chi connectivity index (χ1n) is 5.43. The zero-order valence-electron chi connectivity index (χ0n) is 9.10. The first-order valence-corrected chi connectivity index (χ1v) is 5.43. The van der Waals surface area contributed by atoms with E-state index in [1.807, 2.05) is 30.3 Å². The van der Waals surface area contributed by atoms with Crippen LogP contribution < -0.4 is 11.3 Å². The summed E-state index contributed by atoms with van der Waals surface area (Å²) in [6.45, 7) is 0. The maximum atomic E-state index is 5.56. The normalized spacial score (nSPS) is 12.6. The Hall–Kier alpha value is -1.58. The molecule has 84 valence electrons. The van der Waals surface area contributed by atoms with Crippen molar-refractivity contribution in [2.45, 2.75) is 18.9 Å². The Labute approximate surface area is 95.2 Å². The molecule has 0 radical (unpaired) electrons. The quantitative estimate of drug-likeness (QED) is 0.596. The third kappa shape index (κ3) is 2.72. The highest BCUT2D eigenvalue weighted by Gasteiger charge is 2.09. The summed E-state index contributed by atoms with van der Waals surface area (Å²) in [6, 6.07) is 14.3. The molecule has 16 heavy (non-hydrogen) atoms. The van der Waals surface area contributed by atoms with E-state index in [-0.39, 0.29) is 6.04 Å². The number of nitrogens with one attached hydrogen (secondary N) is 1. The molecule has 3 heteroatoms. The summed E-state index contributed by atoms with van der Waals surface area (Å²) in [6.07, 6.45) is 3.51. The zero-order chi connectivity index (χ0) is 11.2. The van der Waals surface area contributed by atoms with Gasteiger partial charge in [-0.1, -0.05) is 30.3 Å². The molecule has 1 aromatic heterocycles. The van der Waals surface area contributed by atoms with Crippen molar-refractivity contribution in [1.29, 1.82) is 0 Å². The Balaban J connectivity index is 1.96. The van der Waals surface area contributed by atoms with Crippen molar-refractivity contribution in [2.75, 3.05) is 0 Å². The lowest BCUT2D eigenvalue weighted by molar-refractivity contribution is 0.458. The van der Waals surface area contributed by atoms with Crippen molar-refractivity contribution < 1.29 is 4.42 Å². The topological polar surface area (TPSA) is 51.2 Å². The first kappa shape index (κ1) is 10.9. The predicted octanol–water partition coefficient (Wildman–Crippen LogP) is 2.42. The van der Waals surface area contributed by atoms with E-state index in [0.29, 0.717) is 0 Å². The fourth-order valence-electron chi connectivity index (χ4n) is 1.77. The number of furan rings is 1. The molecule has 0 saturated carbocycles. The predicted molar refractivity (Wildman–Crippen MR) is 63.5 cm³/mol. The summed E-state index contributed by atoms with van der Waals surface area (Å²) in [5, 5.41) is 0. The monoisotopic (exact) mass is 216 g/mol. The molecule has 0 aliphatic heterocycles. The van der Waals surface area contributed by atoms with Crippen LogP contribution in [0, 0.1) is 0 Å². The Morgan fingerprint density at radius 2 is 1.94 bits per heavy atom. The van der Waals surface area contributed by atoms with Gasteiger partial charge in [-0.05, 0) is 24.1 Å². The van der Waals surface area contributed by atoms with E-state index in [4.69, 9.17) is 10.3 Å². The van der Waals surface area contributed by atoms with Crippen LogP contribution in [0.4, 0.5) is 0 Å². The number of benzene rings is 1. The Morgan fingerprint density at radius 1 is 1.12 bits per heavy atom. The molecule has 0 aliphatic rings. The highest BCUT2D eigenvalue weighted by atomic mass is 16.3. The molecule has 3 nitrogen and oxygen atoms in total. The van der Waals surface area contributed by atoms with E-state index in [1.54, 1.807) is 6.26 Å². The van der Waals surface area contributed by atoms with Gasteiger partial charge >= 0.3 is 0 Å². The van der Waals surface area contributed by atoms with Gasteiger partial charge in [-0.25, -0.2) is 0 Å². The van der Waals surface area contributed by atoms with Crippen LogP contribution in [-0.2, 0) is 6.42 Å². The molecule has 1 heterocycles. The molecule has 0 fully saturated rings. The second-order valence-electron chi connectivity index (χ2n) is 3.75. The van der Waals surface area contributed by atoms with E-state index in [1.165, 1.54) is 5.56 Å². The minimum absolute atomic E-state index is 0.172. The summed E-state index contributed by atoms with van der Waals surface area (Å²) in [4.78, 5) is 0. The fraction of sp³-hybridized carbons (Fsp3) is 0.231. The third-order valence-electron chi connectivity index (χ3n) is 2.66. The fourth-order valence-corrected chi connectivity index (χ4v) is 1.77. The van der Waals surface area contributed by atoms with Crippen LogP contribution in [0.1, 0.15) is 23.8 Å². The zero-order valence-corrected chi connectivity index (χ0v) is 9.10. The van der Waals surface area contributed by atoms with Crippen molar-refractivity contribution in [3.63, 3.8) is 0 Å². The molecule has 0 spiro atoms. The van der Waals surface area contributed by atoms with Crippen molar-refractivity contribution in [2.24, 2.45) is 5.84 Å². The number of rotatable bonds is 5. The molecule has 3 N–H and O–H groups in total. The van der Waals surface area contributed by atoms with Crippen LogP contribution in [0.15, 0.2) is 53.1 Å². The van der Waals surface area contributed by atoms with Gasteiger partial charge in [0.2, 0.25) is 0 Å². The van der Waals surface area contributed by atoms with E-state index >= 15 is 0 Å². The first-order chi connectivity index (χ1) is 7.90. The molecule has 0 amide bonds. The minimum Gasteiger partial charge on any atom is -0.469 e. The van der Waals surface area contributed by atoms with E-state index < -0.39 is 0 Å². The maximum absolute atomic E-state index is 5.56. The van der Waals surface area contributed by atoms with E-state index in [2.05, 4.69) is 17.6 Å². The van der Waals surface area contributed by atoms with Gasteiger partial charge in [0, 0.05) is 12.5 Å². The third-order valence-corrected chi connectivity index (χ3v) is 2.66. The summed E-state index contributed by atoms with van der Waals surface area (Å²) in [7, 11) is 0. The summed E-state index contributed by atoms with van der Waals surface area (Å²) in [5.41, 5.74) is 4.04.